The predicted molar refractivity (Wildman–Crippen MR) is 108 cm³/mol. The summed E-state index contributed by atoms with van der Waals surface area (Å²) in [6, 6.07) is 10.7. The summed E-state index contributed by atoms with van der Waals surface area (Å²) in [5, 5.41) is 14.1. The molecular weight excluding hydrogens is 352 g/mol. The lowest BCUT2D eigenvalue weighted by molar-refractivity contribution is 0.0697. The van der Waals surface area contributed by atoms with E-state index in [9.17, 15) is 9.90 Å². The summed E-state index contributed by atoms with van der Waals surface area (Å²) in [4.78, 5) is 20.6. The number of hydrogen-bond acceptors (Lipinski definition) is 4. The van der Waals surface area contributed by atoms with Crippen LogP contribution >= 0.6 is 0 Å². The number of aromatic carboxylic acids is 1. The van der Waals surface area contributed by atoms with Crippen molar-refractivity contribution in [3.05, 3.63) is 65.4 Å². The molecule has 0 spiro atoms. The van der Waals surface area contributed by atoms with Crippen LogP contribution in [-0.2, 0) is 13.0 Å². The number of pyridine rings is 1. The fraction of sp³-hybridized carbons (Fsp3) is 0.364. The molecule has 3 rings (SSSR count). The molecule has 0 saturated heterocycles. The van der Waals surface area contributed by atoms with E-state index >= 15 is 0 Å². The van der Waals surface area contributed by atoms with Crippen molar-refractivity contribution in [2.24, 2.45) is 0 Å². The summed E-state index contributed by atoms with van der Waals surface area (Å²) in [6.45, 7) is 6.97. The third-order valence-electron chi connectivity index (χ3n) is 4.63. The smallest absolute Gasteiger partial charge is 0.336 e. The lowest BCUT2D eigenvalue weighted by atomic mass is 10.0. The van der Waals surface area contributed by atoms with Crippen molar-refractivity contribution in [2.75, 3.05) is 0 Å². The number of nitrogens with zero attached hydrogens (tertiary/aromatic N) is 4. The van der Waals surface area contributed by atoms with Crippen LogP contribution in [0.4, 0.5) is 0 Å². The Morgan fingerprint density at radius 1 is 1.18 bits per heavy atom. The van der Waals surface area contributed by atoms with Gasteiger partial charge < -0.3 is 5.11 Å². The molecule has 6 heteroatoms. The lowest BCUT2D eigenvalue weighted by Crippen LogP contribution is -2.08. The fourth-order valence-electron chi connectivity index (χ4n) is 3.03. The molecule has 0 atom stereocenters. The highest BCUT2D eigenvalue weighted by atomic mass is 16.4. The second kappa shape index (κ2) is 8.78. The molecule has 2 heterocycles. The van der Waals surface area contributed by atoms with Gasteiger partial charge in [-0.15, -0.1) is 0 Å². The van der Waals surface area contributed by atoms with E-state index in [0.29, 0.717) is 17.8 Å². The Balaban J connectivity index is 1.84. The van der Waals surface area contributed by atoms with Gasteiger partial charge in [-0.05, 0) is 24.1 Å². The van der Waals surface area contributed by atoms with Crippen LogP contribution in [-0.4, -0.2) is 30.8 Å². The maximum atomic E-state index is 11.4. The zero-order valence-electron chi connectivity index (χ0n) is 16.6. The summed E-state index contributed by atoms with van der Waals surface area (Å²) in [6.07, 6.45) is 4.89. The minimum atomic E-state index is -0.953. The lowest BCUT2D eigenvalue weighted by Gasteiger charge is -2.08. The minimum Gasteiger partial charge on any atom is -0.478 e. The average molecular weight is 378 g/mol. The number of hydrogen-bond donors (Lipinski definition) is 1. The number of carboxylic acid groups (broad SMARTS) is 1. The Labute approximate surface area is 165 Å². The standard InChI is InChI=1S/C22H26N4O2/c1-4-5-10-20-24-21(15(2)3)25-26(20)14-16-11-12-19(23-13-16)17-8-6-7-9-18(17)22(27)28/h6-9,11-13,15H,4-5,10,14H2,1-3H3,(H,27,28). The first-order valence-electron chi connectivity index (χ1n) is 9.70. The Hall–Kier alpha value is -3.02. The second-order valence-electron chi connectivity index (χ2n) is 7.20. The van der Waals surface area contributed by atoms with Crippen molar-refractivity contribution < 1.29 is 9.90 Å². The van der Waals surface area contributed by atoms with Crippen LogP contribution in [0.3, 0.4) is 0 Å². The van der Waals surface area contributed by atoms with Gasteiger partial charge in [-0.2, -0.15) is 5.10 Å². The number of unbranched alkanes of at least 4 members (excludes halogenated alkanes) is 1. The van der Waals surface area contributed by atoms with Crippen LogP contribution < -0.4 is 0 Å². The van der Waals surface area contributed by atoms with Gasteiger partial charge >= 0.3 is 5.97 Å². The quantitative estimate of drug-likeness (QED) is 0.622. The molecule has 0 aliphatic heterocycles. The fourth-order valence-corrected chi connectivity index (χ4v) is 3.03. The molecule has 0 amide bonds. The van der Waals surface area contributed by atoms with E-state index in [1.54, 1.807) is 24.4 Å². The van der Waals surface area contributed by atoms with E-state index in [1.165, 1.54) is 0 Å². The highest BCUT2D eigenvalue weighted by molar-refractivity contribution is 5.95. The number of aromatic nitrogens is 4. The Morgan fingerprint density at radius 3 is 2.61 bits per heavy atom. The van der Waals surface area contributed by atoms with E-state index < -0.39 is 5.97 Å². The average Bonchev–Trinajstić information content (AvgIpc) is 3.10. The van der Waals surface area contributed by atoms with Gasteiger partial charge in [0.15, 0.2) is 5.82 Å². The Kier molecular flexibility index (Phi) is 6.19. The van der Waals surface area contributed by atoms with E-state index in [-0.39, 0.29) is 11.5 Å². The number of rotatable bonds is 8. The molecule has 146 valence electrons. The second-order valence-corrected chi connectivity index (χ2v) is 7.20. The summed E-state index contributed by atoms with van der Waals surface area (Å²) in [7, 11) is 0. The summed E-state index contributed by atoms with van der Waals surface area (Å²) in [5.41, 5.74) is 2.53. The van der Waals surface area contributed by atoms with E-state index in [1.807, 2.05) is 22.9 Å². The highest BCUT2D eigenvalue weighted by Gasteiger charge is 2.14. The van der Waals surface area contributed by atoms with Crippen molar-refractivity contribution in [1.29, 1.82) is 0 Å². The van der Waals surface area contributed by atoms with E-state index in [2.05, 4.69) is 30.9 Å². The number of carbonyl (C=O) groups is 1. The van der Waals surface area contributed by atoms with E-state index in [4.69, 9.17) is 4.98 Å². The van der Waals surface area contributed by atoms with Gasteiger partial charge in [0, 0.05) is 24.1 Å². The molecule has 0 fully saturated rings. The first-order chi connectivity index (χ1) is 13.5. The van der Waals surface area contributed by atoms with Gasteiger partial charge in [-0.25, -0.2) is 14.5 Å². The zero-order valence-corrected chi connectivity index (χ0v) is 16.6. The molecule has 1 N–H and O–H groups in total. The molecule has 3 aromatic rings. The van der Waals surface area contributed by atoms with Crippen molar-refractivity contribution in [2.45, 2.75) is 52.5 Å². The molecule has 0 radical (unpaired) electrons. The van der Waals surface area contributed by atoms with Gasteiger partial charge in [-0.1, -0.05) is 51.5 Å². The van der Waals surface area contributed by atoms with Crippen LogP contribution in [0.25, 0.3) is 11.3 Å². The molecule has 1 aromatic carbocycles. The zero-order chi connectivity index (χ0) is 20.1. The molecule has 0 aliphatic rings. The first kappa shape index (κ1) is 19.7. The largest absolute Gasteiger partial charge is 0.478 e. The molecule has 0 saturated carbocycles. The topological polar surface area (TPSA) is 80.9 Å². The van der Waals surface area contributed by atoms with Gasteiger partial charge in [0.25, 0.3) is 0 Å². The van der Waals surface area contributed by atoms with Crippen LogP contribution in [0.2, 0.25) is 0 Å². The molecule has 2 aromatic heterocycles. The van der Waals surface area contributed by atoms with Gasteiger partial charge in [0.05, 0.1) is 17.8 Å². The number of aryl methyl sites for hydroxylation is 1. The predicted octanol–water partition coefficient (Wildman–Crippen LogP) is 4.55. The highest BCUT2D eigenvalue weighted by Crippen LogP contribution is 2.22. The molecule has 0 bridgehead atoms. The minimum absolute atomic E-state index is 0.252. The number of carboxylic acids is 1. The van der Waals surface area contributed by atoms with Crippen molar-refractivity contribution in [3.8, 4) is 11.3 Å². The first-order valence-corrected chi connectivity index (χ1v) is 9.70. The molecule has 0 unspecified atom stereocenters. The maximum absolute atomic E-state index is 11.4. The third-order valence-corrected chi connectivity index (χ3v) is 4.63. The van der Waals surface area contributed by atoms with Crippen LogP contribution in [0.1, 0.15) is 67.1 Å². The molecule has 28 heavy (non-hydrogen) atoms. The number of benzene rings is 1. The Bertz CT molecular complexity index is 945. The van der Waals surface area contributed by atoms with Crippen molar-refractivity contribution >= 4 is 5.97 Å². The summed E-state index contributed by atoms with van der Waals surface area (Å²) >= 11 is 0. The van der Waals surface area contributed by atoms with E-state index in [0.717, 1.165) is 36.5 Å². The van der Waals surface area contributed by atoms with Crippen molar-refractivity contribution in [3.63, 3.8) is 0 Å². The maximum Gasteiger partial charge on any atom is 0.336 e. The normalized spacial score (nSPS) is 11.1. The summed E-state index contributed by atoms with van der Waals surface area (Å²) in [5.74, 6) is 1.21. The van der Waals surface area contributed by atoms with Crippen LogP contribution in [0.15, 0.2) is 42.6 Å². The van der Waals surface area contributed by atoms with Gasteiger partial charge in [-0.3, -0.25) is 4.98 Å². The molecule has 6 nitrogen and oxygen atoms in total. The van der Waals surface area contributed by atoms with Gasteiger partial charge in [0.2, 0.25) is 0 Å². The van der Waals surface area contributed by atoms with Crippen LogP contribution in [0.5, 0.6) is 0 Å². The SMILES string of the molecule is CCCCc1nc(C(C)C)nn1Cc1ccc(-c2ccccc2C(=O)O)nc1. The third kappa shape index (κ3) is 4.44. The Morgan fingerprint density at radius 2 is 1.96 bits per heavy atom. The summed E-state index contributed by atoms with van der Waals surface area (Å²) < 4.78 is 1.97. The molecule has 0 aliphatic carbocycles. The van der Waals surface area contributed by atoms with Crippen molar-refractivity contribution in [1.82, 2.24) is 19.7 Å². The monoisotopic (exact) mass is 378 g/mol. The van der Waals surface area contributed by atoms with Crippen LogP contribution in [0, 0.1) is 0 Å². The van der Waals surface area contributed by atoms with Gasteiger partial charge in [0.1, 0.15) is 5.82 Å². The molecular formula is C22H26N4O2.